The summed E-state index contributed by atoms with van der Waals surface area (Å²) in [5.41, 5.74) is 2.51. The number of nitro groups is 1. The highest BCUT2D eigenvalue weighted by atomic mass is 35.5. The lowest BCUT2D eigenvalue weighted by molar-refractivity contribution is -0.385. The molecule has 0 aliphatic carbocycles. The molecular formula is C16H14ClN3O5. The maximum Gasteiger partial charge on any atom is 0.311 e. The van der Waals surface area contributed by atoms with Gasteiger partial charge in [0, 0.05) is 16.7 Å². The summed E-state index contributed by atoms with van der Waals surface area (Å²) >= 11 is 5.81. The zero-order valence-corrected chi connectivity index (χ0v) is 13.9. The van der Waals surface area contributed by atoms with Crippen molar-refractivity contribution in [1.82, 2.24) is 5.43 Å². The number of methoxy groups -OCH3 is 1. The van der Waals surface area contributed by atoms with Gasteiger partial charge < -0.3 is 9.47 Å². The fourth-order valence-electron chi connectivity index (χ4n) is 1.85. The van der Waals surface area contributed by atoms with E-state index in [0.717, 1.165) is 0 Å². The van der Waals surface area contributed by atoms with Crippen molar-refractivity contribution >= 4 is 29.4 Å². The van der Waals surface area contributed by atoms with Gasteiger partial charge in [-0.25, -0.2) is 5.43 Å². The zero-order chi connectivity index (χ0) is 18.2. The van der Waals surface area contributed by atoms with Gasteiger partial charge in [-0.3, -0.25) is 14.9 Å². The average molecular weight is 364 g/mol. The zero-order valence-electron chi connectivity index (χ0n) is 13.1. The van der Waals surface area contributed by atoms with Crippen LogP contribution in [0.15, 0.2) is 47.6 Å². The van der Waals surface area contributed by atoms with Crippen molar-refractivity contribution in [3.63, 3.8) is 0 Å². The number of nitro benzene ring substituents is 1. The molecule has 9 heteroatoms. The topological polar surface area (TPSA) is 103 Å². The van der Waals surface area contributed by atoms with Crippen LogP contribution in [0.1, 0.15) is 5.56 Å². The summed E-state index contributed by atoms with van der Waals surface area (Å²) in [6.07, 6.45) is 1.28. The van der Waals surface area contributed by atoms with Crippen LogP contribution in [-0.2, 0) is 4.79 Å². The Hall–Kier alpha value is -3.13. The van der Waals surface area contributed by atoms with Crippen LogP contribution in [0.25, 0.3) is 0 Å². The molecule has 0 unspecified atom stereocenters. The smallest absolute Gasteiger partial charge is 0.311 e. The van der Waals surface area contributed by atoms with Crippen molar-refractivity contribution in [2.24, 2.45) is 5.10 Å². The maximum absolute atomic E-state index is 11.7. The largest absolute Gasteiger partial charge is 0.490 e. The molecule has 2 aromatic rings. The van der Waals surface area contributed by atoms with Crippen LogP contribution in [0.3, 0.4) is 0 Å². The number of halogens is 1. The maximum atomic E-state index is 11.7. The Morgan fingerprint density at radius 1 is 1.36 bits per heavy atom. The van der Waals surface area contributed by atoms with Crippen LogP contribution in [0.2, 0.25) is 5.02 Å². The number of carbonyl (C=O) groups is 1. The molecule has 0 fully saturated rings. The quantitative estimate of drug-likeness (QED) is 0.463. The molecule has 25 heavy (non-hydrogen) atoms. The number of nitrogens with zero attached hydrogens (tertiary/aromatic N) is 2. The number of nitrogens with one attached hydrogen (secondary N) is 1. The summed E-state index contributed by atoms with van der Waals surface area (Å²) in [6.45, 7) is -0.250. The van der Waals surface area contributed by atoms with Crippen molar-refractivity contribution in [2.75, 3.05) is 13.7 Å². The average Bonchev–Trinajstić information content (AvgIpc) is 2.60. The van der Waals surface area contributed by atoms with E-state index in [1.165, 1.54) is 25.5 Å². The highest BCUT2D eigenvalue weighted by molar-refractivity contribution is 6.30. The molecule has 1 N–H and O–H groups in total. The van der Waals surface area contributed by atoms with Crippen LogP contribution in [-0.4, -0.2) is 30.8 Å². The van der Waals surface area contributed by atoms with E-state index in [9.17, 15) is 14.9 Å². The first kappa shape index (κ1) is 18.2. The van der Waals surface area contributed by atoms with E-state index in [1.54, 1.807) is 30.3 Å². The van der Waals surface area contributed by atoms with E-state index in [1.807, 2.05) is 0 Å². The molecule has 1 amide bonds. The normalized spacial score (nSPS) is 10.5. The molecule has 2 aromatic carbocycles. The first-order valence-electron chi connectivity index (χ1n) is 7.02. The minimum Gasteiger partial charge on any atom is -0.490 e. The van der Waals surface area contributed by atoms with Gasteiger partial charge in [0.1, 0.15) is 5.75 Å². The van der Waals surface area contributed by atoms with Crippen molar-refractivity contribution in [3.05, 3.63) is 63.2 Å². The number of amides is 1. The summed E-state index contributed by atoms with van der Waals surface area (Å²) in [7, 11) is 1.34. The third-order valence-corrected chi connectivity index (χ3v) is 3.20. The highest BCUT2D eigenvalue weighted by Crippen LogP contribution is 2.26. The number of rotatable bonds is 7. The Balaban J connectivity index is 1.91. The van der Waals surface area contributed by atoms with Crippen LogP contribution in [0.4, 0.5) is 5.69 Å². The SMILES string of the molecule is COc1ccc(/C=N\NC(=O)COc2cccc(Cl)c2)cc1[N+](=O)[O-]. The van der Waals surface area contributed by atoms with Gasteiger partial charge in [0.15, 0.2) is 12.4 Å². The summed E-state index contributed by atoms with van der Waals surface area (Å²) in [5.74, 6) is 0.109. The molecule has 0 saturated carbocycles. The highest BCUT2D eigenvalue weighted by Gasteiger charge is 2.14. The Morgan fingerprint density at radius 3 is 2.84 bits per heavy atom. The Labute approximate surface area is 148 Å². The second-order valence-corrected chi connectivity index (χ2v) is 5.16. The van der Waals surface area contributed by atoms with Crippen molar-refractivity contribution in [1.29, 1.82) is 0 Å². The minimum absolute atomic E-state index is 0.140. The Bertz CT molecular complexity index is 810. The van der Waals surface area contributed by atoms with E-state index in [2.05, 4.69) is 10.5 Å². The number of ether oxygens (including phenoxy) is 2. The van der Waals surface area contributed by atoms with Gasteiger partial charge in [0.05, 0.1) is 18.2 Å². The lowest BCUT2D eigenvalue weighted by Crippen LogP contribution is -2.24. The van der Waals surface area contributed by atoms with E-state index in [-0.39, 0.29) is 18.0 Å². The Morgan fingerprint density at radius 2 is 2.16 bits per heavy atom. The standard InChI is InChI=1S/C16H14ClN3O5/c1-24-15-6-5-11(7-14(15)20(22)23)9-18-19-16(21)10-25-13-4-2-3-12(17)8-13/h2-9H,10H2,1H3,(H,19,21)/b18-9-. The van der Waals surface area contributed by atoms with Gasteiger partial charge in [-0.1, -0.05) is 17.7 Å². The molecule has 0 heterocycles. The molecule has 0 atom stereocenters. The third-order valence-electron chi connectivity index (χ3n) is 2.97. The summed E-state index contributed by atoms with van der Waals surface area (Å²) < 4.78 is 10.2. The van der Waals surface area contributed by atoms with Crippen molar-refractivity contribution < 1.29 is 19.2 Å². The molecule has 2 rings (SSSR count). The lowest BCUT2D eigenvalue weighted by Gasteiger charge is -2.05. The number of carbonyl (C=O) groups excluding carboxylic acids is 1. The van der Waals surface area contributed by atoms with Crippen molar-refractivity contribution in [3.8, 4) is 11.5 Å². The number of benzene rings is 2. The van der Waals surface area contributed by atoms with Crippen LogP contribution < -0.4 is 14.9 Å². The summed E-state index contributed by atoms with van der Waals surface area (Å²) in [5, 5.41) is 15.2. The molecule has 8 nitrogen and oxygen atoms in total. The number of hydrogen-bond donors (Lipinski definition) is 1. The van der Waals surface area contributed by atoms with Crippen LogP contribution >= 0.6 is 11.6 Å². The van der Waals surface area contributed by atoms with E-state index in [0.29, 0.717) is 16.3 Å². The second-order valence-electron chi connectivity index (χ2n) is 4.73. The van der Waals surface area contributed by atoms with Gasteiger partial charge in [0.2, 0.25) is 0 Å². The molecule has 0 bridgehead atoms. The second kappa shape index (κ2) is 8.65. The first-order valence-corrected chi connectivity index (χ1v) is 7.40. The van der Waals surface area contributed by atoms with Crippen LogP contribution in [0, 0.1) is 10.1 Å². The van der Waals surface area contributed by atoms with E-state index >= 15 is 0 Å². The predicted molar refractivity (Wildman–Crippen MR) is 92.3 cm³/mol. The fraction of sp³-hybridized carbons (Fsp3) is 0.125. The van der Waals surface area contributed by atoms with Gasteiger partial charge in [-0.2, -0.15) is 5.10 Å². The lowest BCUT2D eigenvalue weighted by atomic mass is 10.2. The molecule has 0 aliphatic rings. The Kier molecular flexibility index (Phi) is 6.30. The molecular weight excluding hydrogens is 350 g/mol. The molecule has 0 aliphatic heterocycles. The van der Waals surface area contributed by atoms with E-state index < -0.39 is 10.8 Å². The van der Waals surface area contributed by atoms with Crippen LogP contribution in [0.5, 0.6) is 11.5 Å². The van der Waals surface area contributed by atoms with E-state index in [4.69, 9.17) is 21.1 Å². The third kappa shape index (κ3) is 5.47. The first-order chi connectivity index (χ1) is 12.0. The number of hydrogen-bond acceptors (Lipinski definition) is 6. The molecule has 0 radical (unpaired) electrons. The molecule has 0 aromatic heterocycles. The van der Waals surface area contributed by atoms with Gasteiger partial charge in [-0.15, -0.1) is 0 Å². The molecule has 0 saturated heterocycles. The number of hydrazone groups is 1. The minimum atomic E-state index is -0.562. The monoisotopic (exact) mass is 363 g/mol. The van der Waals surface area contributed by atoms with Crippen molar-refractivity contribution in [2.45, 2.75) is 0 Å². The summed E-state index contributed by atoms with van der Waals surface area (Å²) in [4.78, 5) is 22.0. The predicted octanol–water partition coefficient (Wildman–Crippen LogP) is 2.79. The molecule has 130 valence electrons. The van der Waals surface area contributed by atoms with Gasteiger partial charge in [-0.05, 0) is 30.3 Å². The molecule has 0 spiro atoms. The summed E-state index contributed by atoms with van der Waals surface area (Å²) in [6, 6.07) is 10.9. The fourth-order valence-corrected chi connectivity index (χ4v) is 2.03. The van der Waals surface area contributed by atoms with Gasteiger partial charge >= 0.3 is 5.69 Å². The van der Waals surface area contributed by atoms with Gasteiger partial charge in [0.25, 0.3) is 5.91 Å².